The van der Waals surface area contributed by atoms with E-state index >= 15 is 0 Å². The predicted molar refractivity (Wildman–Crippen MR) is 101 cm³/mol. The fourth-order valence-corrected chi connectivity index (χ4v) is 4.59. The van der Waals surface area contributed by atoms with Gasteiger partial charge in [-0.3, -0.25) is 4.79 Å². The zero-order chi connectivity index (χ0) is 19.4. The summed E-state index contributed by atoms with van der Waals surface area (Å²) in [7, 11) is -2.24. The standard InChI is InChI=1S/C19H28N2O5S/c1-14-7-9-21(10-8-14)19(22)17-12-16(5-6-18(17)25-2)27(23,24)20-13-15-4-3-11-26-15/h5-6,12,14-15,20H,3-4,7-11,13H2,1-2H3/t15-/m1/s1. The summed E-state index contributed by atoms with van der Waals surface area (Å²) in [6, 6.07) is 4.42. The van der Waals surface area contributed by atoms with Gasteiger partial charge in [-0.2, -0.15) is 0 Å². The van der Waals surface area contributed by atoms with E-state index in [9.17, 15) is 13.2 Å². The third-order valence-corrected chi connectivity index (χ3v) is 6.73. The van der Waals surface area contributed by atoms with Crippen LogP contribution in [-0.2, 0) is 14.8 Å². The number of hydrogen-bond acceptors (Lipinski definition) is 5. The zero-order valence-electron chi connectivity index (χ0n) is 15.9. The molecule has 150 valence electrons. The number of carbonyl (C=O) groups excluding carboxylic acids is 1. The van der Waals surface area contributed by atoms with Crippen molar-refractivity contribution in [3.8, 4) is 5.75 Å². The highest BCUT2D eigenvalue weighted by molar-refractivity contribution is 7.89. The molecule has 0 aliphatic carbocycles. The molecule has 0 unspecified atom stereocenters. The Bertz CT molecular complexity index is 766. The van der Waals surface area contributed by atoms with Gasteiger partial charge in [0.25, 0.3) is 5.91 Å². The van der Waals surface area contributed by atoms with E-state index in [1.807, 2.05) is 0 Å². The van der Waals surface area contributed by atoms with E-state index in [0.717, 1.165) is 25.7 Å². The number of likely N-dealkylation sites (tertiary alicyclic amines) is 1. The van der Waals surface area contributed by atoms with Crippen LogP contribution in [0.5, 0.6) is 5.75 Å². The van der Waals surface area contributed by atoms with E-state index in [1.54, 1.807) is 11.0 Å². The molecule has 2 aliphatic heterocycles. The fourth-order valence-electron chi connectivity index (χ4n) is 3.49. The monoisotopic (exact) mass is 396 g/mol. The first kappa shape index (κ1) is 20.1. The van der Waals surface area contributed by atoms with Gasteiger partial charge in [0.05, 0.1) is 23.7 Å². The Morgan fingerprint density at radius 2 is 2.04 bits per heavy atom. The van der Waals surface area contributed by atoms with Crippen molar-refractivity contribution in [2.24, 2.45) is 5.92 Å². The predicted octanol–water partition coefficient (Wildman–Crippen LogP) is 2.02. The first-order valence-corrected chi connectivity index (χ1v) is 11.0. The Hall–Kier alpha value is -1.64. The maximum Gasteiger partial charge on any atom is 0.257 e. The minimum atomic E-state index is -3.72. The van der Waals surface area contributed by atoms with Crippen molar-refractivity contribution in [2.45, 2.75) is 43.6 Å². The molecule has 7 nitrogen and oxygen atoms in total. The molecule has 1 amide bonds. The van der Waals surface area contributed by atoms with Crippen LogP contribution < -0.4 is 9.46 Å². The molecule has 27 heavy (non-hydrogen) atoms. The molecule has 3 rings (SSSR count). The fraction of sp³-hybridized carbons (Fsp3) is 0.632. The van der Waals surface area contributed by atoms with Crippen LogP contribution in [0.1, 0.15) is 43.0 Å². The van der Waals surface area contributed by atoms with Gasteiger partial charge in [0.1, 0.15) is 5.75 Å². The molecule has 0 radical (unpaired) electrons. The third-order valence-electron chi connectivity index (χ3n) is 5.31. The van der Waals surface area contributed by atoms with Gasteiger partial charge in [0, 0.05) is 26.2 Å². The molecule has 0 saturated carbocycles. The molecule has 0 spiro atoms. The molecular formula is C19H28N2O5S. The minimum absolute atomic E-state index is 0.0648. The van der Waals surface area contributed by atoms with Gasteiger partial charge < -0.3 is 14.4 Å². The normalized spacial score (nSPS) is 21.4. The molecule has 2 saturated heterocycles. The summed E-state index contributed by atoms with van der Waals surface area (Å²) in [4.78, 5) is 14.8. The number of hydrogen-bond donors (Lipinski definition) is 1. The van der Waals surface area contributed by atoms with E-state index < -0.39 is 10.0 Å². The molecule has 0 aromatic heterocycles. The van der Waals surface area contributed by atoms with Crippen LogP contribution >= 0.6 is 0 Å². The number of sulfonamides is 1. The van der Waals surface area contributed by atoms with Crippen LogP contribution in [0.4, 0.5) is 0 Å². The van der Waals surface area contributed by atoms with Crippen LogP contribution in [0.3, 0.4) is 0 Å². The third kappa shape index (κ3) is 4.80. The molecule has 1 aromatic rings. The Morgan fingerprint density at radius 3 is 2.67 bits per heavy atom. The molecule has 0 bridgehead atoms. The average Bonchev–Trinajstić information content (AvgIpc) is 3.20. The first-order chi connectivity index (χ1) is 12.9. The zero-order valence-corrected chi connectivity index (χ0v) is 16.8. The molecule has 1 aromatic carbocycles. The maximum atomic E-state index is 12.9. The molecule has 8 heteroatoms. The van der Waals surface area contributed by atoms with Gasteiger partial charge in [-0.25, -0.2) is 13.1 Å². The largest absolute Gasteiger partial charge is 0.496 e. The summed E-state index contributed by atoms with van der Waals surface area (Å²) in [6.07, 6.45) is 3.61. The average molecular weight is 397 g/mol. The topological polar surface area (TPSA) is 84.9 Å². The number of ether oxygens (including phenoxy) is 2. The number of nitrogens with one attached hydrogen (secondary N) is 1. The number of piperidine rings is 1. The summed E-state index contributed by atoms with van der Waals surface area (Å²) in [5, 5.41) is 0. The molecule has 1 atom stereocenters. The van der Waals surface area contributed by atoms with E-state index in [1.165, 1.54) is 19.2 Å². The van der Waals surface area contributed by atoms with Crippen LogP contribution in [0.2, 0.25) is 0 Å². The molecular weight excluding hydrogens is 368 g/mol. The van der Waals surface area contributed by atoms with Gasteiger partial charge in [0.15, 0.2) is 0 Å². The van der Waals surface area contributed by atoms with Crippen molar-refractivity contribution in [1.82, 2.24) is 9.62 Å². The van der Waals surface area contributed by atoms with Crippen molar-refractivity contribution < 1.29 is 22.7 Å². The summed E-state index contributed by atoms with van der Waals surface area (Å²) < 4.78 is 38.7. The van der Waals surface area contributed by atoms with Crippen LogP contribution in [0, 0.1) is 5.92 Å². The van der Waals surface area contributed by atoms with Gasteiger partial charge in [-0.1, -0.05) is 6.92 Å². The Kier molecular flexibility index (Phi) is 6.39. The maximum absolute atomic E-state index is 12.9. The van der Waals surface area contributed by atoms with E-state index in [-0.39, 0.29) is 29.0 Å². The summed E-state index contributed by atoms with van der Waals surface area (Å²) in [5.74, 6) is 0.802. The van der Waals surface area contributed by atoms with E-state index in [4.69, 9.17) is 9.47 Å². The van der Waals surface area contributed by atoms with Crippen molar-refractivity contribution in [2.75, 3.05) is 33.4 Å². The second kappa shape index (κ2) is 8.58. The first-order valence-electron chi connectivity index (χ1n) is 9.49. The molecule has 2 heterocycles. The summed E-state index contributed by atoms with van der Waals surface area (Å²) in [6.45, 7) is 4.44. The molecule has 2 fully saturated rings. The summed E-state index contributed by atoms with van der Waals surface area (Å²) >= 11 is 0. The lowest BCUT2D eigenvalue weighted by atomic mass is 9.98. The number of nitrogens with zero attached hydrogens (tertiary/aromatic N) is 1. The van der Waals surface area contributed by atoms with Crippen molar-refractivity contribution in [3.63, 3.8) is 0 Å². The smallest absolute Gasteiger partial charge is 0.257 e. The van der Waals surface area contributed by atoms with E-state index in [2.05, 4.69) is 11.6 Å². The van der Waals surface area contributed by atoms with Crippen LogP contribution in [0.25, 0.3) is 0 Å². The summed E-state index contributed by atoms with van der Waals surface area (Å²) in [5.41, 5.74) is 0.284. The number of amides is 1. The second-order valence-electron chi connectivity index (χ2n) is 7.32. The Labute approximate surface area is 161 Å². The van der Waals surface area contributed by atoms with Crippen molar-refractivity contribution in [1.29, 1.82) is 0 Å². The Balaban J connectivity index is 1.78. The van der Waals surface area contributed by atoms with E-state index in [0.29, 0.717) is 31.4 Å². The quantitative estimate of drug-likeness (QED) is 0.795. The highest BCUT2D eigenvalue weighted by Crippen LogP contribution is 2.26. The minimum Gasteiger partial charge on any atom is -0.496 e. The lowest BCUT2D eigenvalue weighted by Gasteiger charge is -2.30. The number of rotatable bonds is 6. The lowest BCUT2D eigenvalue weighted by Crippen LogP contribution is -2.38. The van der Waals surface area contributed by atoms with Gasteiger partial charge >= 0.3 is 0 Å². The van der Waals surface area contributed by atoms with Gasteiger partial charge in [-0.15, -0.1) is 0 Å². The van der Waals surface area contributed by atoms with Gasteiger partial charge in [-0.05, 0) is 49.8 Å². The molecule has 2 aliphatic rings. The lowest BCUT2D eigenvalue weighted by molar-refractivity contribution is 0.0693. The van der Waals surface area contributed by atoms with Crippen molar-refractivity contribution >= 4 is 15.9 Å². The van der Waals surface area contributed by atoms with Gasteiger partial charge in [0.2, 0.25) is 10.0 Å². The second-order valence-corrected chi connectivity index (χ2v) is 9.09. The number of methoxy groups -OCH3 is 1. The number of benzene rings is 1. The molecule has 1 N–H and O–H groups in total. The Morgan fingerprint density at radius 1 is 1.30 bits per heavy atom. The van der Waals surface area contributed by atoms with Crippen LogP contribution in [0.15, 0.2) is 23.1 Å². The highest BCUT2D eigenvalue weighted by atomic mass is 32.2. The van der Waals surface area contributed by atoms with Crippen molar-refractivity contribution in [3.05, 3.63) is 23.8 Å². The number of carbonyl (C=O) groups is 1. The SMILES string of the molecule is COc1ccc(S(=O)(=O)NC[C@H]2CCCO2)cc1C(=O)N1CCC(C)CC1. The highest BCUT2D eigenvalue weighted by Gasteiger charge is 2.26. The van der Waals surface area contributed by atoms with Crippen LogP contribution in [-0.4, -0.2) is 58.7 Å².